The van der Waals surface area contributed by atoms with Gasteiger partial charge >= 0.3 is 270 Å². The molecule has 0 N–H and O–H groups in total. The maximum atomic E-state index is 2.80. The van der Waals surface area contributed by atoms with Gasteiger partial charge in [0.05, 0.1) is 0 Å². The maximum absolute atomic E-state index is 2.84. The standard InChI is InChI=1S/C29H37.C8H8.C5H5.2ClH.Hf/c1-21-14-13-15-22-20-27(6)25(4)18-10-9-16-23(25,2)24(3)17-11-12-19-26(24,5)29(27,8)28(21,22)7;1-2-8-6-4-3-5-7-8;1-2-4-5-3-1;;;/h9-20,22H,1-8H3;3-7H,1H3;1-3H,4H2;2*1H;/q;;;;;+2/p-2. The van der Waals surface area contributed by atoms with Gasteiger partial charge in [0.15, 0.2) is 0 Å². The first kappa shape index (κ1) is 34.8. The van der Waals surface area contributed by atoms with Crippen LogP contribution in [0.5, 0.6) is 0 Å². The summed E-state index contributed by atoms with van der Waals surface area (Å²) in [5.41, 5.74) is 2.85. The Bertz CT molecular complexity index is 1680. The number of hydrogen-bond acceptors (Lipinski definition) is 0. The third kappa shape index (κ3) is 3.63. The molecule has 3 heteroatoms. The molecule has 0 aromatic heterocycles. The Morgan fingerprint density at radius 1 is 0.689 bits per heavy atom. The normalized spacial score (nSPS) is 44.9. The molecule has 9 atom stereocenters. The minimum Gasteiger partial charge on any atom is -1.00 e. The second kappa shape index (κ2) is 11.0. The average molecular weight is 804 g/mol. The van der Waals surface area contributed by atoms with Crippen molar-refractivity contribution in [2.24, 2.45) is 43.8 Å². The maximum Gasteiger partial charge on any atom is -1.00 e. The van der Waals surface area contributed by atoms with E-state index in [1.165, 1.54) is 5.56 Å². The van der Waals surface area contributed by atoms with Crippen molar-refractivity contribution in [1.82, 2.24) is 0 Å². The van der Waals surface area contributed by atoms with Gasteiger partial charge in [-0.05, 0) is 0 Å². The van der Waals surface area contributed by atoms with Crippen LogP contribution in [0, 0.1) is 43.8 Å². The van der Waals surface area contributed by atoms with Crippen molar-refractivity contribution in [2.75, 3.05) is 0 Å². The summed E-state index contributed by atoms with van der Waals surface area (Å²) in [6, 6.07) is 11.5. The molecule has 1 aromatic carbocycles. The van der Waals surface area contributed by atoms with Gasteiger partial charge in [-0.25, -0.2) is 0 Å². The van der Waals surface area contributed by atoms with Crippen LogP contribution < -0.4 is 24.8 Å². The summed E-state index contributed by atoms with van der Waals surface area (Å²) in [5.74, 6) is 0.494. The van der Waals surface area contributed by atoms with Crippen molar-refractivity contribution in [3.63, 3.8) is 0 Å². The molecule has 0 aliphatic heterocycles. The van der Waals surface area contributed by atoms with E-state index in [0.717, 1.165) is 6.42 Å². The van der Waals surface area contributed by atoms with Crippen LogP contribution in [0.2, 0.25) is 3.67 Å². The van der Waals surface area contributed by atoms with Crippen LogP contribution in [0.1, 0.15) is 74.3 Å². The van der Waals surface area contributed by atoms with E-state index in [9.17, 15) is 0 Å². The van der Waals surface area contributed by atoms with E-state index in [0.29, 0.717) is 9.59 Å². The van der Waals surface area contributed by atoms with Crippen molar-refractivity contribution >= 4 is 3.26 Å². The van der Waals surface area contributed by atoms with Crippen LogP contribution in [0.3, 0.4) is 0 Å². The summed E-state index contributed by atoms with van der Waals surface area (Å²) in [5, 5.41) is 0. The number of rotatable bonds is 3. The Balaban J connectivity index is 0.00000200. The fourth-order valence-electron chi connectivity index (χ4n) is 12.4. The quantitative estimate of drug-likeness (QED) is 0.381. The SMILES string of the molecule is CC1=CC=CC2[CH](/[Hf+2]([C]3=CC=CC3)=[C](\C)c3ccccc3)C3(C)C4(C)C=CC=CC4(C)C4(C)C=CC=CC4(C)C3(C)C12C.[Cl-].[Cl-]. The molecule has 0 spiro atoms. The molecule has 2 fully saturated rings. The van der Waals surface area contributed by atoms with Gasteiger partial charge in [-0.1, -0.05) is 0 Å². The topological polar surface area (TPSA) is 0 Å². The molecule has 1 aromatic rings. The minimum absolute atomic E-state index is 0. The van der Waals surface area contributed by atoms with Crippen LogP contribution >= 0.6 is 0 Å². The largest absolute Gasteiger partial charge is 1.00 e. The third-order valence-corrected chi connectivity index (χ3v) is 28.9. The number of benzene rings is 1. The first-order valence-electron chi connectivity index (χ1n) is 16.5. The molecule has 0 bridgehead atoms. The average Bonchev–Trinajstić information content (AvgIpc) is 3.58. The van der Waals surface area contributed by atoms with Gasteiger partial charge in [-0.2, -0.15) is 0 Å². The number of fused-ring (bicyclic) bond motifs is 8. The van der Waals surface area contributed by atoms with E-state index >= 15 is 0 Å². The zero-order valence-electron chi connectivity index (χ0n) is 28.6. The van der Waals surface area contributed by atoms with Gasteiger partial charge < -0.3 is 24.8 Å². The van der Waals surface area contributed by atoms with Gasteiger partial charge in [0, 0.05) is 0 Å². The van der Waals surface area contributed by atoms with Gasteiger partial charge in [-0.3, -0.25) is 0 Å². The summed E-state index contributed by atoms with van der Waals surface area (Å²) in [6.07, 6.45) is 36.1. The van der Waals surface area contributed by atoms with Crippen molar-refractivity contribution in [3.05, 3.63) is 130 Å². The molecule has 0 nitrogen and oxygen atoms in total. The van der Waals surface area contributed by atoms with E-state index in [1.807, 2.05) is 0 Å². The Morgan fingerprint density at radius 3 is 1.82 bits per heavy atom. The number of allylic oxidation sites excluding steroid dienone is 16. The van der Waals surface area contributed by atoms with Crippen LogP contribution in [-0.2, 0) is 21.0 Å². The van der Waals surface area contributed by atoms with Gasteiger partial charge in [0.2, 0.25) is 0 Å². The molecule has 6 aliphatic rings. The molecule has 0 heterocycles. The molecule has 9 unspecified atom stereocenters. The van der Waals surface area contributed by atoms with Crippen molar-refractivity contribution in [3.8, 4) is 0 Å². The van der Waals surface area contributed by atoms with Gasteiger partial charge in [-0.15, -0.1) is 0 Å². The summed E-state index contributed by atoms with van der Waals surface area (Å²) in [4.78, 5) is 0. The van der Waals surface area contributed by atoms with E-state index in [4.69, 9.17) is 0 Å². The fraction of sp³-hybridized carbons (Fsp3) is 0.452. The summed E-state index contributed by atoms with van der Waals surface area (Å²) < 4.78 is 4.14. The Hall–Kier alpha value is -1.54. The number of halogens is 2. The summed E-state index contributed by atoms with van der Waals surface area (Å²) in [6.45, 7) is 23.8. The predicted molar refractivity (Wildman–Crippen MR) is 182 cm³/mol. The molecule has 0 amide bonds. The van der Waals surface area contributed by atoms with Crippen molar-refractivity contribution in [1.29, 1.82) is 0 Å². The molecular weight excluding hydrogens is 754 g/mol. The van der Waals surface area contributed by atoms with E-state index in [2.05, 4.69) is 178 Å². The molecule has 45 heavy (non-hydrogen) atoms. The first-order chi connectivity index (χ1) is 20.3. The fourth-order valence-corrected chi connectivity index (χ4v) is 28.2. The van der Waals surface area contributed by atoms with Crippen LogP contribution in [-0.4, -0.2) is 3.26 Å². The second-order valence-corrected chi connectivity index (χ2v) is 26.0. The Labute approximate surface area is 293 Å². The minimum atomic E-state index is -2.84. The summed E-state index contributed by atoms with van der Waals surface area (Å²) in [7, 11) is 0. The van der Waals surface area contributed by atoms with E-state index in [1.54, 1.807) is 12.2 Å². The van der Waals surface area contributed by atoms with E-state index < -0.39 is 21.0 Å². The van der Waals surface area contributed by atoms with Crippen molar-refractivity contribution < 1.29 is 45.8 Å². The molecule has 2 saturated carbocycles. The molecule has 0 radical (unpaired) electrons. The Morgan fingerprint density at radius 2 is 1.24 bits per heavy atom. The molecule has 0 saturated heterocycles. The zero-order valence-corrected chi connectivity index (χ0v) is 33.7. The van der Waals surface area contributed by atoms with Gasteiger partial charge in [0.1, 0.15) is 0 Å². The third-order valence-electron chi connectivity index (χ3n) is 15.5. The van der Waals surface area contributed by atoms with Gasteiger partial charge in [0.25, 0.3) is 0 Å². The van der Waals surface area contributed by atoms with Crippen molar-refractivity contribution in [2.45, 2.75) is 72.4 Å². The van der Waals surface area contributed by atoms with E-state index in [-0.39, 0.29) is 62.7 Å². The molecule has 6 aliphatic carbocycles. The summed E-state index contributed by atoms with van der Waals surface area (Å²) >= 11 is -2.84. The second-order valence-electron chi connectivity index (χ2n) is 15.7. The zero-order chi connectivity index (χ0) is 30.7. The monoisotopic (exact) mass is 804 g/mol. The molecule has 236 valence electrons. The van der Waals surface area contributed by atoms with Crippen LogP contribution in [0.4, 0.5) is 0 Å². The van der Waals surface area contributed by atoms with Crippen LogP contribution in [0.15, 0.2) is 124 Å². The number of hydrogen-bond donors (Lipinski definition) is 0. The molecular formula is C42H50Cl2Hf. The smallest absolute Gasteiger partial charge is 1.00 e. The first-order valence-corrected chi connectivity index (χ1v) is 22.2. The molecule has 7 rings (SSSR count). The Kier molecular flexibility index (Phi) is 8.50. The predicted octanol–water partition coefficient (Wildman–Crippen LogP) is 4.94. The van der Waals surface area contributed by atoms with Crippen LogP contribution in [0.25, 0.3) is 0 Å².